The van der Waals surface area contributed by atoms with Crippen LogP contribution in [0.2, 0.25) is 0 Å². The van der Waals surface area contributed by atoms with E-state index in [0.717, 1.165) is 33.5 Å². The molecule has 1 N–H and O–H groups in total. The van der Waals surface area contributed by atoms with Gasteiger partial charge in [0, 0.05) is 24.2 Å². The second-order valence-corrected chi connectivity index (χ2v) is 7.48. The first-order valence-electron chi connectivity index (χ1n) is 9.05. The molecule has 3 rings (SSSR count). The van der Waals surface area contributed by atoms with Crippen LogP contribution in [0, 0.1) is 26.7 Å². The van der Waals surface area contributed by atoms with Gasteiger partial charge in [0.2, 0.25) is 0 Å². The van der Waals surface area contributed by atoms with Crippen LogP contribution in [0.3, 0.4) is 0 Å². The molecule has 0 radical (unpaired) electrons. The average Bonchev–Trinajstić information content (AvgIpc) is 2.82. The fourth-order valence-corrected chi connectivity index (χ4v) is 4.10. The Morgan fingerprint density at radius 1 is 1.15 bits per heavy atom. The highest BCUT2D eigenvalue weighted by Crippen LogP contribution is 2.37. The molecule has 4 nitrogen and oxygen atoms in total. The zero-order valence-corrected chi connectivity index (χ0v) is 15.7. The standard InChI is InChI=1S/C22H25NO3/c1-12-7-13(2)20(14(3)8-12)21-19(25)11-17(22(21)26)10-18-9-16(15(4)24)5-6-23-18/h5-9,15,17,21,24H,10-11H2,1-4H3. The molecule has 26 heavy (non-hydrogen) atoms. The van der Waals surface area contributed by atoms with Crippen molar-refractivity contribution in [3.8, 4) is 0 Å². The van der Waals surface area contributed by atoms with Gasteiger partial charge in [-0.25, -0.2) is 0 Å². The summed E-state index contributed by atoms with van der Waals surface area (Å²) in [5, 5.41) is 9.73. The lowest BCUT2D eigenvalue weighted by molar-refractivity contribution is -0.124. The highest BCUT2D eigenvalue weighted by molar-refractivity contribution is 6.15. The molecule has 1 aliphatic rings. The Morgan fingerprint density at radius 2 is 1.81 bits per heavy atom. The van der Waals surface area contributed by atoms with Gasteiger partial charge in [0.1, 0.15) is 11.7 Å². The molecule has 0 spiro atoms. The molecule has 0 bridgehead atoms. The number of carbonyl (C=O) groups is 2. The highest BCUT2D eigenvalue weighted by atomic mass is 16.3. The van der Waals surface area contributed by atoms with E-state index >= 15 is 0 Å². The van der Waals surface area contributed by atoms with Crippen molar-refractivity contribution in [1.82, 2.24) is 4.98 Å². The second kappa shape index (κ2) is 7.12. The molecule has 1 saturated carbocycles. The van der Waals surface area contributed by atoms with Gasteiger partial charge >= 0.3 is 0 Å². The third-order valence-corrected chi connectivity index (χ3v) is 5.26. The molecule has 3 atom stereocenters. The quantitative estimate of drug-likeness (QED) is 0.856. The van der Waals surface area contributed by atoms with Crippen molar-refractivity contribution in [1.29, 1.82) is 0 Å². The molecule has 0 amide bonds. The number of nitrogens with zero attached hydrogens (tertiary/aromatic N) is 1. The average molecular weight is 351 g/mol. The number of ketones is 2. The molecular weight excluding hydrogens is 326 g/mol. The minimum atomic E-state index is -0.652. The Labute approximate surface area is 154 Å². The zero-order valence-electron chi connectivity index (χ0n) is 15.7. The summed E-state index contributed by atoms with van der Waals surface area (Å²) >= 11 is 0. The number of hydrogen-bond acceptors (Lipinski definition) is 4. The number of Topliss-reactive ketones (excluding diaryl/α,β-unsaturated/α-hetero) is 2. The van der Waals surface area contributed by atoms with Crippen LogP contribution in [0.15, 0.2) is 30.5 Å². The molecule has 1 fully saturated rings. The summed E-state index contributed by atoms with van der Waals surface area (Å²) in [4.78, 5) is 30.0. The molecule has 1 heterocycles. The number of aliphatic hydroxyl groups is 1. The van der Waals surface area contributed by atoms with Gasteiger partial charge in [-0.05, 0) is 68.5 Å². The molecule has 1 aromatic heterocycles. The normalized spacial score (nSPS) is 21.3. The van der Waals surface area contributed by atoms with Gasteiger partial charge < -0.3 is 5.11 Å². The SMILES string of the molecule is Cc1cc(C)c(C2C(=O)CC(Cc3cc(C(C)O)ccn3)C2=O)c(C)c1. The van der Waals surface area contributed by atoms with Crippen LogP contribution in [-0.2, 0) is 16.0 Å². The number of aliphatic hydroxyl groups excluding tert-OH is 1. The molecule has 1 aromatic carbocycles. The van der Waals surface area contributed by atoms with Gasteiger partial charge in [0.25, 0.3) is 0 Å². The topological polar surface area (TPSA) is 67.3 Å². The summed E-state index contributed by atoms with van der Waals surface area (Å²) in [6.45, 7) is 7.65. The fraction of sp³-hybridized carbons (Fsp3) is 0.409. The fourth-order valence-electron chi connectivity index (χ4n) is 4.10. The Kier molecular flexibility index (Phi) is 5.05. The first-order valence-corrected chi connectivity index (χ1v) is 9.05. The summed E-state index contributed by atoms with van der Waals surface area (Å²) in [6.07, 6.45) is 1.76. The van der Waals surface area contributed by atoms with Gasteiger partial charge in [-0.3, -0.25) is 14.6 Å². The van der Waals surface area contributed by atoms with Crippen LogP contribution in [0.1, 0.15) is 58.9 Å². The van der Waals surface area contributed by atoms with Crippen LogP contribution in [0.5, 0.6) is 0 Å². The third-order valence-electron chi connectivity index (χ3n) is 5.26. The maximum absolute atomic E-state index is 13.0. The summed E-state index contributed by atoms with van der Waals surface area (Å²) < 4.78 is 0. The zero-order chi connectivity index (χ0) is 19.0. The van der Waals surface area contributed by atoms with E-state index in [-0.39, 0.29) is 23.9 Å². The molecule has 0 saturated heterocycles. The Morgan fingerprint density at radius 3 is 2.42 bits per heavy atom. The second-order valence-electron chi connectivity index (χ2n) is 7.48. The lowest BCUT2D eigenvalue weighted by Gasteiger charge is -2.16. The van der Waals surface area contributed by atoms with Crippen molar-refractivity contribution in [2.24, 2.45) is 5.92 Å². The Balaban J connectivity index is 1.87. The molecule has 136 valence electrons. The van der Waals surface area contributed by atoms with Crippen LogP contribution >= 0.6 is 0 Å². The molecule has 3 unspecified atom stereocenters. The van der Waals surface area contributed by atoms with Crippen LogP contribution in [0.4, 0.5) is 0 Å². The molecular formula is C22H25NO3. The van der Waals surface area contributed by atoms with E-state index in [9.17, 15) is 14.7 Å². The van der Waals surface area contributed by atoms with E-state index in [4.69, 9.17) is 0 Å². The van der Waals surface area contributed by atoms with E-state index in [1.54, 1.807) is 19.2 Å². The molecule has 0 aliphatic heterocycles. The lowest BCUT2D eigenvalue weighted by Crippen LogP contribution is -2.19. The van der Waals surface area contributed by atoms with Gasteiger partial charge in [0.05, 0.1) is 6.10 Å². The molecule has 1 aliphatic carbocycles. The van der Waals surface area contributed by atoms with Crippen molar-refractivity contribution in [3.63, 3.8) is 0 Å². The van der Waals surface area contributed by atoms with E-state index < -0.39 is 12.0 Å². The Bertz CT molecular complexity index is 846. The Hall–Kier alpha value is -2.33. The maximum Gasteiger partial charge on any atom is 0.151 e. The number of carbonyl (C=O) groups excluding carboxylic acids is 2. The predicted molar refractivity (Wildman–Crippen MR) is 100 cm³/mol. The smallest absolute Gasteiger partial charge is 0.151 e. The van der Waals surface area contributed by atoms with Crippen molar-refractivity contribution in [3.05, 3.63) is 64.0 Å². The van der Waals surface area contributed by atoms with E-state index in [1.807, 2.05) is 39.0 Å². The minimum absolute atomic E-state index is 0.00161. The van der Waals surface area contributed by atoms with Crippen molar-refractivity contribution in [2.45, 2.75) is 52.6 Å². The number of rotatable bonds is 4. The number of aryl methyl sites for hydroxylation is 3. The number of hydrogen-bond donors (Lipinski definition) is 1. The van der Waals surface area contributed by atoms with E-state index in [0.29, 0.717) is 6.42 Å². The minimum Gasteiger partial charge on any atom is -0.389 e. The van der Waals surface area contributed by atoms with Crippen LogP contribution in [0.25, 0.3) is 0 Å². The highest BCUT2D eigenvalue weighted by Gasteiger charge is 2.43. The maximum atomic E-state index is 13.0. The largest absolute Gasteiger partial charge is 0.389 e. The molecule has 4 heteroatoms. The number of aromatic nitrogens is 1. The monoisotopic (exact) mass is 351 g/mol. The first kappa shape index (κ1) is 18.5. The van der Waals surface area contributed by atoms with Crippen molar-refractivity contribution < 1.29 is 14.7 Å². The summed E-state index contributed by atoms with van der Waals surface area (Å²) in [5.74, 6) is -0.999. The third kappa shape index (κ3) is 3.47. The molecule has 2 aromatic rings. The van der Waals surface area contributed by atoms with Gasteiger partial charge in [-0.15, -0.1) is 0 Å². The van der Waals surface area contributed by atoms with Gasteiger partial charge in [0.15, 0.2) is 5.78 Å². The summed E-state index contributed by atoms with van der Waals surface area (Å²) in [6, 6.07) is 7.64. The summed E-state index contributed by atoms with van der Waals surface area (Å²) in [5.41, 5.74) is 5.53. The predicted octanol–water partition coefficient (Wildman–Crippen LogP) is 3.54. The van der Waals surface area contributed by atoms with Gasteiger partial charge in [-0.2, -0.15) is 0 Å². The number of pyridine rings is 1. The summed E-state index contributed by atoms with van der Waals surface area (Å²) in [7, 11) is 0. The van der Waals surface area contributed by atoms with Crippen LogP contribution in [-0.4, -0.2) is 21.7 Å². The van der Waals surface area contributed by atoms with Gasteiger partial charge in [-0.1, -0.05) is 17.7 Å². The number of benzene rings is 1. The van der Waals surface area contributed by atoms with E-state index in [2.05, 4.69) is 4.98 Å². The van der Waals surface area contributed by atoms with Crippen molar-refractivity contribution in [2.75, 3.05) is 0 Å². The lowest BCUT2D eigenvalue weighted by atomic mass is 9.86. The van der Waals surface area contributed by atoms with E-state index in [1.165, 1.54) is 0 Å². The first-order chi connectivity index (χ1) is 12.3. The van der Waals surface area contributed by atoms with Crippen LogP contribution < -0.4 is 0 Å². The van der Waals surface area contributed by atoms with Crippen molar-refractivity contribution >= 4 is 11.6 Å².